The number of carbonyl (C=O) groups is 1. The van der Waals surface area contributed by atoms with Crippen molar-refractivity contribution in [3.63, 3.8) is 0 Å². The molecule has 2 aliphatic rings. The van der Waals surface area contributed by atoms with E-state index in [1.807, 2.05) is 36.4 Å². The number of hydrogen-bond donors (Lipinski definition) is 1. The number of para-hydroxylation sites is 1. The highest BCUT2D eigenvalue weighted by molar-refractivity contribution is 8.14. The number of aryl methyl sites for hydroxylation is 1. The van der Waals surface area contributed by atoms with E-state index in [4.69, 9.17) is 0 Å². The molecule has 234 valence electrons. The fourth-order valence-electron chi connectivity index (χ4n) is 5.96. The topological polar surface area (TPSA) is 84.6 Å². The molecule has 0 radical (unpaired) electrons. The van der Waals surface area contributed by atoms with E-state index in [1.54, 1.807) is 11.8 Å². The summed E-state index contributed by atoms with van der Waals surface area (Å²) >= 11 is 1.63. The first kappa shape index (κ1) is 30.7. The average molecular weight is 635 g/mol. The second-order valence-corrected chi connectivity index (χ2v) is 12.1. The number of hydrogen-bond acceptors (Lipinski definition) is 5. The standard InChI is InChI=1S/C33H33F3N6O2S/c1-2-22-7-3-4-10-29(22)41-19-6-20-45-32(41)39-31(43)38-28-9-5-8-27(28)23-11-13-24(14-12-23)30-37-21-42(40-30)25-15-17-26(18-16-25)44-33(34,35)36/h3-4,7,10-18,21,27-28H,2,5-6,8-9,19-20H2,1H3,(H,38,43)/b39-32-. The zero-order chi connectivity index (χ0) is 31.4. The highest BCUT2D eigenvalue weighted by atomic mass is 32.2. The van der Waals surface area contributed by atoms with E-state index in [2.05, 4.69) is 49.1 Å². The molecule has 2 fully saturated rings. The zero-order valence-corrected chi connectivity index (χ0v) is 25.5. The number of amidine groups is 1. The van der Waals surface area contributed by atoms with Gasteiger partial charge in [-0.15, -0.1) is 18.3 Å². The summed E-state index contributed by atoms with van der Waals surface area (Å²) < 4.78 is 42.8. The van der Waals surface area contributed by atoms with Gasteiger partial charge in [0.2, 0.25) is 0 Å². The second-order valence-electron chi connectivity index (χ2n) is 11.0. The first-order valence-electron chi connectivity index (χ1n) is 15.0. The highest BCUT2D eigenvalue weighted by Crippen LogP contribution is 2.36. The van der Waals surface area contributed by atoms with Crippen LogP contribution in [0, 0.1) is 0 Å². The first-order valence-corrected chi connectivity index (χ1v) is 16.0. The van der Waals surface area contributed by atoms with Gasteiger partial charge >= 0.3 is 12.4 Å². The molecule has 8 nitrogen and oxygen atoms in total. The Morgan fingerprint density at radius 1 is 1.04 bits per heavy atom. The summed E-state index contributed by atoms with van der Waals surface area (Å²) in [6.45, 7) is 2.98. The van der Waals surface area contributed by atoms with Crippen molar-refractivity contribution in [3.8, 4) is 22.8 Å². The van der Waals surface area contributed by atoms with Gasteiger partial charge < -0.3 is 15.0 Å². The molecule has 0 spiro atoms. The van der Waals surface area contributed by atoms with Crippen molar-refractivity contribution in [1.82, 2.24) is 20.1 Å². The lowest BCUT2D eigenvalue weighted by atomic mass is 9.93. The van der Waals surface area contributed by atoms with Crippen LogP contribution in [0.25, 0.3) is 17.1 Å². The molecule has 3 aromatic carbocycles. The summed E-state index contributed by atoms with van der Waals surface area (Å²) in [4.78, 5) is 24.3. The maximum Gasteiger partial charge on any atom is 0.573 e. The molecule has 1 saturated carbocycles. The number of amides is 2. The number of ether oxygens (including phenoxy) is 1. The van der Waals surface area contributed by atoms with E-state index >= 15 is 0 Å². The van der Waals surface area contributed by atoms with Crippen molar-refractivity contribution >= 4 is 28.6 Å². The van der Waals surface area contributed by atoms with Crippen LogP contribution in [0.3, 0.4) is 0 Å². The number of benzene rings is 3. The van der Waals surface area contributed by atoms with Crippen molar-refractivity contribution in [3.05, 3.63) is 90.3 Å². The molecule has 1 aromatic heterocycles. The van der Waals surface area contributed by atoms with Gasteiger partial charge in [0, 0.05) is 35.5 Å². The van der Waals surface area contributed by atoms with Crippen molar-refractivity contribution in [1.29, 1.82) is 0 Å². The number of urea groups is 1. The molecule has 12 heteroatoms. The van der Waals surface area contributed by atoms with Crippen molar-refractivity contribution in [2.24, 2.45) is 4.99 Å². The molecule has 2 amide bonds. The summed E-state index contributed by atoms with van der Waals surface area (Å²) in [5.74, 6) is 1.29. The smallest absolute Gasteiger partial charge is 0.406 e. The number of rotatable bonds is 7. The number of aromatic nitrogens is 3. The maximum absolute atomic E-state index is 13.2. The number of anilines is 1. The molecular weight excluding hydrogens is 601 g/mol. The molecule has 4 aromatic rings. The molecule has 2 atom stereocenters. The third kappa shape index (κ3) is 7.33. The van der Waals surface area contributed by atoms with Gasteiger partial charge in [-0.05, 0) is 67.1 Å². The maximum atomic E-state index is 13.2. The van der Waals surface area contributed by atoms with E-state index in [0.717, 1.165) is 66.4 Å². The molecule has 1 saturated heterocycles. The van der Waals surface area contributed by atoms with Crippen molar-refractivity contribution in [2.45, 2.75) is 57.3 Å². The molecule has 6 rings (SSSR count). The van der Waals surface area contributed by atoms with Gasteiger partial charge in [0.05, 0.1) is 5.69 Å². The molecule has 45 heavy (non-hydrogen) atoms. The van der Waals surface area contributed by atoms with Crippen LogP contribution in [0.4, 0.5) is 23.7 Å². The Labute approximate surface area is 263 Å². The minimum Gasteiger partial charge on any atom is -0.406 e. The van der Waals surface area contributed by atoms with Gasteiger partial charge in [0.15, 0.2) is 11.0 Å². The van der Waals surface area contributed by atoms with E-state index in [1.165, 1.54) is 40.8 Å². The summed E-state index contributed by atoms with van der Waals surface area (Å²) in [6.07, 6.45) is 1.58. The minimum atomic E-state index is -4.75. The average Bonchev–Trinajstić information content (AvgIpc) is 3.71. The van der Waals surface area contributed by atoms with Crippen LogP contribution in [0.1, 0.15) is 49.7 Å². The van der Waals surface area contributed by atoms with Gasteiger partial charge in [-0.25, -0.2) is 14.5 Å². The Balaban J connectivity index is 1.11. The van der Waals surface area contributed by atoms with Gasteiger partial charge in [0.25, 0.3) is 0 Å². The highest BCUT2D eigenvalue weighted by Gasteiger charge is 2.32. The molecule has 2 heterocycles. The Kier molecular flexibility index (Phi) is 9.11. The van der Waals surface area contributed by atoms with Crippen LogP contribution in [0.2, 0.25) is 0 Å². The van der Waals surface area contributed by atoms with Gasteiger partial charge in [-0.3, -0.25) is 0 Å². The van der Waals surface area contributed by atoms with Crippen molar-refractivity contribution < 1.29 is 22.7 Å². The summed E-state index contributed by atoms with van der Waals surface area (Å²) in [5, 5.41) is 8.44. The predicted molar refractivity (Wildman–Crippen MR) is 170 cm³/mol. The third-order valence-corrected chi connectivity index (χ3v) is 9.16. The van der Waals surface area contributed by atoms with Gasteiger partial charge in [0.1, 0.15) is 12.1 Å². The number of halogens is 3. The van der Waals surface area contributed by atoms with E-state index in [9.17, 15) is 18.0 Å². The number of nitrogens with one attached hydrogen (secondary N) is 1. The zero-order valence-electron chi connectivity index (χ0n) is 24.7. The largest absolute Gasteiger partial charge is 0.573 e. The normalized spacial score (nSPS) is 19.6. The third-order valence-electron chi connectivity index (χ3n) is 8.10. The number of alkyl halides is 3. The van der Waals surface area contributed by atoms with Crippen molar-refractivity contribution in [2.75, 3.05) is 17.2 Å². The number of thioether (sulfide) groups is 1. The second kappa shape index (κ2) is 13.4. The molecule has 1 aliphatic heterocycles. The molecule has 2 unspecified atom stereocenters. The Hall–Kier alpha value is -4.32. The number of aliphatic imine (C=N–C) groups is 1. The van der Waals surface area contributed by atoms with Crippen LogP contribution in [-0.4, -0.2) is 50.7 Å². The lowest BCUT2D eigenvalue weighted by molar-refractivity contribution is -0.274. The van der Waals surface area contributed by atoms with E-state index in [0.29, 0.717) is 11.5 Å². The monoisotopic (exact) mass is 634 g/mol. The summed E-state index contributed by atoms with van der Waals surface area (Å²) in [5.41, 5.74) is 4.84. The Morgan fingerprint density at radius 3 is 2.58 bits per heavy atom. The molecule has 1 N–H and O–H groups in total. The van der Waals surface area contributed by atoms with Gasteiger partial charge in [-0.1, -0.05) is 67.6 Å². The molecule has 0 bridgehead atoms. The van der Waals surface area contributed by atoms with E-state index in [-0.39, 0.29) is 23.7 Å². The molecule has 1 aliphatic carbocycles. The quantitative estimate of drug-likeness (QED) is 0.224. The fraction of sp³-hybridized carbons (Fsp3) is 0.333. The Bertz CT molecular complexity index is 1660. The first-order chi connectivity index (χ1) is 21.8. The van der Waals surface area contributed by atoms with E-state index < -0.39 is 6.36 Å². The lowest BCUT2D eigenvalue weighted by Crippen LogP contribution is -2.39. The summed E-state index contributed by atoms with van der Waals surface area (Å²) in [6, 6.07) is 21.4. The number of nitrogens with zero attached hydrogens (tertiary/aromatic N) is 5. The van der Waals surface area contributed by atoms with Crippen LogP contribution in [0.5, 0.6) is 5.75 Å². The van der Waals surface area contributed by atoms with Crippen LogP contribution in [-0.2, 0) is 6.42 Å². The Morgan fingerprint density at radius 2 is 1.82 bits per heavy atom. The predicted octanol–water partition coefficient (Wildman–Crippen LogP) is 7.74. The summed E-state index contributed by atoms with van der Waals surface area (Å²) in [7, 11) is 0. The van der Waals surface area contributed by atoms with Crippen LogP contribution < -0.4 is 15.0 Å². The molecular formula is C33H33F3N6O2S. The minimum absolute atomic E-state index is 0.0145. The number of carbonyl (C=O) groups excluding carboxylic acids is 1. The fourth-order valence-corrected chi connectivity index (χ4v) is 6.91. The van der Waals surface area contributed by atoms with Crippen LogP contribution >= 0.6 is 11.8 Å². The lowest BCUT2D eigenvalue weighted by Gasteiger charge is -2.31. The van der Waals surface area contributed by atoms with Crippen LogP contribution in [0.15, 0.2) is 84.1 Å². The van der Waals surface area contributed by atoms with Gasteiger partial charge in [-0.2, -0.15) is 4.99 Å². The SMILES string of the molecule is CCc1ccccc1N1CCCS/C1=N\C(=O)NC1CCCC1c1ccc(-c2ncn(-c3ccc(OC(F)(F)F)cc3)n2)cc1.